The summed E-state index contributed by atoms with van der Waals surface area (Å²) in [5.74, 6) is -0.219. The second kappa shape index (κ2) is 10.0. The lowest BCUT2D eigenvalue weighted by atomic mass is 9.65. The maximum atomic E-state index is 12.7. The van der Waals surface area contributed by atoms with Gasteiger partial charge in [-0.3, -0.25) is 4.79 Å². The quantitative estimate of drug-likeness (QED) is 0.263. The Hall–Kier alpha value is -2.42. The number of carbonyl (C=O) groups excluding carboxylic acids is 2. The topological polar surface area (TPSA) is 43.4 Å². The average Bonchev–Trinajstić information content (AvgIpc) is 2.79. The summed E-state index contributed by atoms with van der Waals surface area (Å²) < 4.78 is 5.89. The SMILES string of the molecule is CC(C)c1cc(C(C)C)cc(C(C)(C)[C@H]2CCCC[C@@H]2OC(=O)C(=O)c2ccccc2)c1. The lowest BCUT2D eigenvalue weighted by Gasteiger charge is -2.42. The van der Waals surface area contributed by atoms with Gasteiger partial charge in [-0.05, 0) is 53.2 Å². The average molecular weight is 435 g/mol. The van der Waals surface area contributed by atoms with Gasteiger partial charge in [-0.25, -0.2) is 4.79 Å². The Morgan fingerprint density at radius 1 is 0.875 bits per heavy atom. The molecule has 3 nitrogen and oxygen atoms in total. The lowest BCUT2D eigenvalue weighted by Crippen LogP contribution is -2.43. The minimum Gasteiger partial charge on any atom is -0.456 e. The van der Waals surface area contributed by atoms with Crippen LogP contribution >= 0.6 is 0 Å². The van der Waals surface area contributed by atoms with Crippen LogP contribution in [0.25, 0.3) is 0 Å². The van der Waals surface area contributed by atoms with Crippen molar-refractivity contribution in [3.05, 3.63) is 70.8 Å². The molecule has 0 saturated heterocycles. The van der Waals surface area contributed by atoms with Gasteiger partial charge in [0, 0.05) is 11.5 Å². The van der Waals surface area contributed by atoms with Crippen LogP contribution in [0.3, 0.4) is 0 Å². The van der Waals surface area contributed by atoms with Crippen LogP contribution in [0.2, 0.25) is 0 Å². The van der Waals surface area contributed by atoms with Crippen molar-refractivity contribution in [3.8, 4) is 0 Å². The molecule has 1 aliphatic rings. The highest BCUT2D eigenvalue weighted by atomic mass is 16.5. The fraction of sp³-hybridized carbons (Fsp3) is 0.517. The summed E-state index contributed by atoms with van der Waals surface area (Å²) in [6.45, 7) is 13.5. The van der Waals surface area contributed by atoms with Crippen molar-refractivity contribution in [1.82, 2.24) is 0 Å². The number of benzene rings is 2. The molecular weight excluding hydrogens is 396 g/mol. The highest BCUT2D eigenvalue weighted by molar-refractivity contribution is 6.40. The molecule has 2 aromatic carbocycles. The summed E-state index contributed by atoms with van der Waals surface area (Å²) in [6.07, 6.45) is 3.70. The maximum absolute atomic E-state index is 12.7. The third kappa shape index (κ3) is 5.31. The van der Waals surface area contributed by atoms with Crippen LogP contribution in [-0.2, 0) is 14.9 Å². The normalized spacial score (nSPS) is 19.2. The first kappa shape index (κ1) is 24.2. The summed E-state index contributed by atoms with van der Waals surface area (Å²) in [4.78, 5) is 25.3. The van der Waals surface area contributed by atoms with Crippen LogP contribution in [-0.4, -0.2) is 17.9 Å². The van der Waals surface area contributed by atoms with E-state index in [2.05, 4.69) is 59.7 Å². The van der Waals surface area contributed by atoms with Gasteiger partial charge in [0.15, 0.2) is 0 Å². The molecule has 3 rings (SSSR count). The van der Waals surface area contributed by atoms with Gasteiger partial charge in [-0.2, -0.15) is 0 Å². The molecule has 172 valence electrons. The maximum Gasteiger partial charge on any atom is 0.379 e. The predicted molar refractivity (Wildman–Crippen MR) is 130 cm³/mol. The predicted octanol–water partition coefficient (Wildman–Crippen LogP) is 7.20. The van der Waals surface area contributed by atoms with Crippen LogP contribution in [0.4, 0.5) is 0 Å². The third-order valence-electron chi connectivity index (χ3n) is 7.16. The van der Waals surface area contributed by atoms with Gasteiger partial charge in [0.2, 0.25) is 0 Å². The van der Waals surface area contributed by atoms with Crippen LogP contribution in [0.5, 0.6) is 0 Å². The minimum absolute atomic E-state index is 0.171. The van der Waals surface area contributed by atoms with Gasteiger partial charge in [-0.15, -0.1) is 0 Å². The van der Waals surface area contributed by atoms with E-state index >= 15 is 0 Å². The molecule has 1 saturated carbocycles. The lowest BCUT2D eigenvalue weighted by molar-refractivity contribution is -0.149. The smallest absolute Gasteiger partial charge is 0.379 e. The molecule has 2 aromatic rings. The molecule has 0 radical (unpaired) electrons. The zero-order valence-corrected chi connectivity index (χ0v) is 20.5. The summed E-state index contributed by atoms with van der Waals surface area (Å²) in [5.41, 5.74) is 4.21. The zero-order chi connectivity index (χ0) is 23.5. The number of carbonyl (C=O) groups is 2. The fourth-order valence-electron chi connectivity index (χ4n) is 4.89. The summed E-state index contributed by atoms with van der Waals surface area (Å²) in [7, 11) is 0. The van der Waals surface area contributed by atoms with E-state index in [-0.39, 0.29) is 17.4 Å². The van der Waals surface area contributed by atoms with Crippen LogP contribution in [0.1, 0.15) is 106 Å². The Morgan fingerprint density at radius 3 is 2.00 bits per heavy atom. The van der Waals surface area contributed by atoms with E-state index in [1.807, 2.05) is 6.07 Å². The summed E-state index contributed by atoms with van der Waals surface area (Å²) in [5, 5.41) is 0. The first-order valence-electron chi connectivity index (χ1n) is 12.1. The minimum atomic E-state index is -0.734. The van der Waals surface area contributed by atoms with E-state index in [0.29, 0.717) is 17.4 Å². The molecule has 0 heterocycles. The molecule has 0 aromatic heterocycles. The zero-order valence-electron chi connectivity index (χ0n) is 20.5. The second-order valence-electron chi connectivity index (χ2n) is 10.4. The van der Waals surface area contributed by atoms with Crippen molar-refractivity contribution in [2.45, 2.75) is 90.6 Å². The highest BCUT2D eigenvalue weighted by Gasteiger charge is 2.41. The highest BCUT2D eigenvalue weighted by Crippen LogP contribution is 2.43. The van der Waals surface area contributed by atoms with Crippen molar-refractivity contribution in [2.75, 3.05) is 0 Å². The first-order chi connectivity index (χ1) is 15.1. The molecular formula is C29H38O3. The van der Waals surface area contributed by atoms with E-state index in [1.54, 1.807) is 24.3 Å². The Labute approximate surface area is 193 Å². The molecule has 0 N–H and O–H groups in total. The number of ether oxygens (including phenoxy) is 1. The summed E-state index contributed by atoms with van der Waals surface area (Å²) in [6, 6.07) is 15.7. The Morgan fingerprint density at radius 2 is 1.44 bits per heavy atom. The number of ketones is 1. The molecule has 3 heteroatoms. The molecule has 2 atom stereocenters. The van der Waals surface area contributed by atoms with Gasteiger partial charge in [0.25, 0.3) is 5.78 Å². The van der Waals surface area contributed by atoms with E-state index in [9.17, 15) is 9.59 Å². The van der Waals surface area contributed by atoms with E-state index in [0.717, 1.165) is 25.7 Å². The van der Waals surface area contributed by atoms with E-state index < -0.39 is 11.8 Å². The monoisotopic (exact) mass is 434 g/mol. The molecule has 1 aliphatic carbocycles. The number of hydrogen-bond donors (Lipinski definition) is 0. The van der Waals surface area contributed by atoms with Crippen LogP contribution in [0, 0.1) is 5.92 Å². The molecule has 0 aliphatic heterocycles. The Balaban J connectivity index is 1.88. The van der Waals surface area contributed by atoms with E-state index in [1.165, 1.54) is 16.7 Å². The van der Waals surface area contributed by atoms with E-state index in [4.69, 9.17) is 4.74 Å². The van der Waals surface area contributed by atoms with Gasteiger partial charge < -0.3 is 4.74 Å². The Bertz CT molecular complexity index is 914. The summed E-state index contributed by atoms with van der Waals surface area (Å²) >= 11 is 0. The first-order valence-corrected chi connectivity index (χ1v) is 12.1. The third-order valence-corrected chi connectivity index (χ3v) is 7.16. The van der Waals surface area contributed by atoms with Crippen molar-refractivity contribution in [3.63, 3.8) is 0 Å². The number of esters is 1. The fourth-order valence-corrected chi connectivity index (χ4v) is 4.89. The second-order valence-corrected chi connectivity index (χ2v) is 10.4. The van der Waals surface area contributed by atoms with Crippen LogP contribution < -0.4 is 0 Å². The number of Topliss-reactive ketones (excluding diaryl/α,β-unsaturated/α-hetero) is 1. The van der Waals surface area contributed by atoms with Crippen molar-refractivity contribution >= 4 is 11.8 Å². The van der Waals surface area contributed by atoms with Crippen molar-refractivity contribution in [2.24, 2.45) is 5.92 Å². The van der Waals surface area contributed by atoms with Crippen molar-refractivity contribution in [1.29, 1.82) is 0 Å². The van der Waals surface area contributed by atoms with Gasteiger partial charge in [-0.1, -0.05) is 96.5 Å². The molecule has 0 bridgehead atoms. The molecule has 0 amide bonds. The van der Waals surface area contributed by atoms with Gasteiger partial charge in [0.1, 0.15) is 6.10 Å². The standard InChI is InChI=1S/C29H38O3/c1-19(2)22-16-23(20(3)4)18-24(17-22)29(5,6)25-14-10-11-15-26(25)32-28(31)27(30)21-12-8-7-9-13-21/h7-9,12-13,16-20,25-26H,10-11,14-15H2,1-6H3/t25-,26-/m0/s1. The van der Waals surface area contributed by atoms with Gasteiger partial charge in [0.05, 0.1) is 0 Å². The van der Waals surface area contributed by atoms with Gasteiger partial charge >= 0.3 is 5.97 Å². The van der Waals surface area contributed by atoms with Crippen LogP contribution in [0.15, 0.2) is 48.5 Å². The molecule has 0 spiro atoms. The largest absolute Gasteiger partial charge is 0.456 e. The number of hydrogen-bond acceptors (Lipinski definition) is 3. The molecule has 32 heavy (non-hydrogen) atoms. The number of rotatable bonds is 7. The van der Waals surface area contributed by atoms with Crippen molar-refractivity contribution < 1.29 is 14.3 Å². The Kier molecular flexibility index (Phi) is 7.59. The molecule has 1 fully saturated rings. The molecule has 0 unspecified atom stereocenters.